The van der Waals surface area contributed by atoms with E-state index in [-0.39, 0.29) is 6.61 Å². The molecule has 0 saturated carbocycles. The second kappa shape index (κ2) is 4.68. The molecule has 1 aromatic rings. The fraction of sp³-hybridized carbons (Fsp3) is 0.100. The minimum absolute atomic E-state index is 0.156. The van der Waals surface area contributed by atoms with Crippen LogP contribution in [0.3, 0.4) is 0 Å². The molecule has 0 heterocycles. The molecule has 66 valence electrons. The maximum absolute atomic E-state index is 10.6. The number of carbonyl (C=O) groups excluding carboxylic acids is 1. The molecule has 0 amide bonds. The smallest absolute Gasteiger partial charge is 0.153 e. The van der Waals surface area contributed by atoms with Gasteiger partial charge >= 0.3 is 0 Å². The second-order valence-electron chi connectivity index (χ2n) is 2.27. The van der Waals surface area contributed by atoms with Crippen LogP contribution in [0.25, 0.3) is 0 Å². The van der Waals surface area contributed by atoms with Crippen LogP contribution < -0.4 is 4.74 Å². The van der Waals surface area contributed by atoms with Gasteiger partial charge in [0, 0.05) is 0 Å². The van der Waals surface area contributed by atoms with E-state index >= 15 is 0 Å². The normalized spacial score (nSPS) is 8.92. The number of rotatable bonds is 3. The number of terminal acetylenes is 1. The molecule has 13 heavy (non-hydrogen) atoms. The molecule has 0 bridgehead atoms. The highest BCUT2D eigenvalue weighted by molar-refractivity contribution is 9.10. The SMILES string of the molecule is C#CCOc1c(Br)cccc1C=O. The molecular weight excluding hydrogens is 232 g/mol. The summed E-state index contributed by atoms with van der Waals surface area (Å²) in [5.74, 6) is 2.83. The first-order chi connectivity index (χ1) is 6.29. The Labute approximate surface area is 85.0 Å². The molecule has 0 N–H and O–H groups in total. The molecule has 3 heteroatoms. The van der Waals surface area contributed by atoms with E-state index < -0.39 is 0 Å². The Morgan fingerprint density at radius 2 is 2.38 bits per heavy atom. The van der Waals surface area contributed by atoms with Crippen molar-refractivity contribution < 1.29 is 9.53 Å². The lowest BCUT2D eigenvalue weighted by molar-refractivity contribution is 0.112. The molecule has 1 rings (SSSR count). The minimum atomic E-state index is 0.156. The number of halogens is 1. The first-order valence-corrected chi connectivity index (χ1v) is 4.39. The van der Waals surface area contributed by atoms with Crippen LogP contribution >= 0.6 is 15.9 Å². The molecule has 0 unspecified atom stereocenters. The summed E-state index contributed by atoms with van der Waals surface area (Å²) in [7, 11) is 0. The van der Waals surface area contributed by atoms with Crippen molar-refractivity contribution in [2.24, 2.45) is 0 Å². The van der Waals surface area contributed by atoms with Gasteiger partial charge < -0.3 is 4.74 Å². The van der Waals surface area contributed by atoms with Gasteiger partial charge in [-0.1, -0.05) is 12.0 Å². The molecule has 0 aliphatic carbocycles. The Morgan fingerprint density at radius 3 is 3.00 bits per heavy atom. The summed E-state index contributed by atoms with van der Waals surface area (Å²) in [6.45, 7) is 0.156. The summed E-state index contributed by atoms with van der Waals surface area (Å²) in [5.41, 5.74) is 0.490. The Balaban J connectivity index is 3.01. The number of para-hydroxylation sites is 1. The molecular formula is C10H7BrO2. The highest BCUT2D eigenvalue weighted by atomic mass is 79.9. The van der Waals surface area contributed by atoms with Crippen molar-refractivity contribution in [2.75, 3.05) is 6.61 Å². The van der Waals surface area contributed by atoms with E-state index in [1.807, 2.05) is 0 Å². The van der Waals surface area contributed by atoms with E-state index in [1.165, 1.54) is 0 Å². The number of aldehydes is 1. The van der Waals surface area contributed by atoms with Gasteiger partial charge in [-0.05, 0) is 28.1 Å². The summed E-state index contributed by atoms with van der Waals surface area (Å²) < 4.78 is 5.92. The molecule has 0 aliphatic heterocycles. The summed E-state index contributed by atoms with van der Waals surface area (Å²) in [5, 5.41) is 0. The third-order valence-electron chi connectivity index (χ3n) is 1.42. The second-order valence-corrected chi connectivity index (χ2v) is 3.12. The van der Waals surface area contributed by atoms with Gasteiger partial charge in [-0.15, -0.1) is 6.42 Å². The van der Waals surface area contributed by atoms with Crippen LogP contribution in [0.2, 0.25) is 0 Å². The molecule has 0 spiro atoms. The van der Waals surface area contributed by atoms with Gasteiger partial charge in [0.1, 0.15) is 12.4 Å². The average Bonchev–Trinajstić information content (AvgIpc) is 2.15. The maximum atomic E-state index is 10.6. The third-order valence-corrected chi connectivity index (χ3v) is 2.05. The van der Waals surface area contributed by atoms with Gasteiger partial charge in [-0.2, -0.15) is 0 Å². The third kappa shape index (κ3) is 2.33. The Morgan fingerprint density at radius 1 is 1.62 bits per heavy atom. The van der Waals surface area contributed by atoms with E-state index in [0.717, 1.165) is 10.8 Å². The molecule has 0 atom stereocenters. The largest absolute Gasteiger partial charge is 0.479 e. The monoisotopic (exact) mass is 238 g/mol. The number of hydrogen-bond acceptors (Lipinski definition) is 2. The average molecular weight is 239 g/mol. The fourth-order valence-electron chi connectivity index (χ4n) is 0.884. The van der Waals surface area contributed by atoms with Crippen LogP contribution in [0.4, 0.5) is 0 Å². The van der Waals surface area contributed by atoms with E-state index in [2.05, 4.69) is 21.9 Å². The van der Waals surface area contributed by atoms with Crippen LogP contribution in [-0.2, 0) is 0 Å². The summed E-state index contributed by atoms with van der Waals surface area (Å²) in [6.07, 6.45) is 5.77. The topological polar surface area (TPSA) is 26.3 Å². The van der Waals surface area contributed by atoms with Crippen LogP contribution in [0.1, 0.15) is 10.4 Å². The molecule has 0 aromatic heterocycles. The van der Waals surface area contributed by atoms with Crippen molar-refractivity contribution in [1.29, 1.82) is 0 Å². The van der Waals surface area contributed by atoms with Crippen molar-refractivity contribution in [1.82, 2.24) is 0 Å². The predicted molar refractivity (Wildman–Crippen MR) is 53.9 cm³/mol. The van der Waals surface area contributed by atoms with Crippen molar-refractivity contribution >= 4 is 22.2 Å². The lowest BCUT2D eigenvalue weighted by Crippen LogP contribution is -1.97. The number of carbonyl (C=O) groups is 1. The van der Waals surface area contributed by atoms with E-state index in [0.29, 0.717) is 11.3 Å². The first-order valence-electron chi connectivity index (χ1n) is 3.59. The molecule has 0 aliphatic rings. The van der Waals surface area contributed by atoms with Crippen molar-refractivity contribution in [3.63, 3.8) is 0 Å². The Kier molecular flexibility index (Phi) is 3.53. The molecule has 2 nitrogen and oxygen atoms in total. The summed E-state index contributed by atoms with van der Waals surface area (Å²) in [6, 6.07) is 5.22. The fourth-order valence-corrected chi connectivity index (χ4v) is 1.38. The number of benzene rings is 1. The van der Waals surface area contributed by atoms with Crippen molar-refractivity contribution in [2.45, 2.75) is 0 Å². The lowest BCUT2D eigenvalue weighted by Gasteiger charge is -2.06. The van der Waals surface area contributed by atoms with Gasteiger partial charge in [-0.25, -0.2) is 0 Å². The highest BCUT2D eigenvalue weighted by Crippen LogP contribution is 2.27. The quantitative estimate of drug-likeness (QED) is 0.597. The van der Waals surface area contributed by atoms with E-state index in [4.69, 9.17) is 11.2 Å². The summed E-state index contributed by atoms with van der Waals surface area (Å²) in [4.78, 5) is 10.6. The van der Waals surface area contributed by atoms with Crippen molar-refractivity contribution in [3.05, 3.63) is 28.2 Å². The van der Waals surface area contributed by atoms with Crippen LogP contribution in [0, 0.1) is 12.3 Å². The van der Waals surface area contributed by atoms with Crippen LogP contribution in [0.15, 0.2) is 22.7 Å². The predicted octanol–water partition coefficient (Wildman–Crippen LogP) is 2.27. The zero-order valence-electron chi connectivity index (χ0n) is 6.79. The Hall–Kier alpha value is -1.27. The van der Waals surface area contributed by atoms with Gasteiger partial charge in [0.05, 0.1) is 10.0 Å². The zero-order valence-corrected chi connectivity index (χ0v) is 8.37. The number of ether oxygens (including phenoxy) is 1. The molecule has 0 saturated heterocycles. The minimum Gasteiger partial charge on any atom is -0.479 e. The molecule has 1 aromatic carbocycles. The number of hydrogen-bond donors (Lipinski definition) is 0. The highest BCUT2D eigenvalue weighted by Gasteiger charge is 2.05. The van der Waals surface area contributed by atoms with E-state index in [9.17, 15) is 4.79 Å². The van der Waals surface area contributed by atoms with Gasteiger partial charge in [0.15, 0.2) is 6.29 Å². The van der Waals surface area contributed by atoms with Gasteiger partial charge in [0.2, 0.25) is 0 Å². The maximum Gasteiger partial charge on any atom is 0.153 e. The molecule has 0 fully saturated rings. The van der Waals surface area contributed by atoms with Crippen LogP contribution in [0.5, 0.6) is 5.75 Å². The zero-order chi connectivity index (χ0) is 9.68. The lowest BCUT2D eigenvalue weighted by atomic mass is 10.2. The van der Waals surface area contributed by atoms with Gasteiger partial charge in [0.25, 0.3) is 0 Å². The van der Waals surface area contributed by atoms with E-state index in [1.54, 1.807) is 18.2 Å². The van der Waals surface area contributed by atoms with Gasteiger partial charge in [-0.3, -0.25) is 4.79 Å². The summed E-state index contributed by atoms with van der Waals surface area (Å²) >= 11 is 3.27. The standard InChI is InChI=1S/C10H7BrO2/c1-2-6-13-10-8(7-12)4-3-5-9(10)11/h1,3-5,7H,6H2. The van der Waals surface area contributed by atoms with Crippen molar-refractivity contribution in [3.8, 4) is 18.1 Å². The first kappa shape index (κ1) is 9.82. The van der Waals surface area contributed by atoms with Crippen LogP contribution in [-0.4, -0.2) is 12.9 Å². The molecule has 0 radical (unpaired) electrons. The Bertz CT molecular complexity index is 352.